The van der Waals surface area contributed by atoms with Crippen LogP contribution in [0.1, 0.15) is 43.5 Å². The Hall–Kier alpha value is -5.11. The normalized spacial score (nSPS) is 11.4. The second-order valence-corrected chi connectivity index (χ2v) is 9.01. The molecule has 0 radical (unpaired) electrons. The highest BCUT2D eigenvalue weighted by atomic mass is 16.5. The van der Waals surface area contributed by atoms with E-state index < -0.39 is 11.9 Å². The van der Waals surface area contributed by atoms with Crippen LogP contribution >= 0.6 is 0 Å². The Morgan fingerprint density at radius 1 is 0.789 bits per heavy atom. The van der Waals surface area contributed by atoms with Crippen molar-refractivity contribution in [2.75, 3.05) is 14.2 Å². The van der Waals surface area contributed by atoms with Crippen LogP contribution < -0.4 is 0 Å². The molecule has 0 unspecified atom stereocenters. The van der Waals surface area contributed by atoms with Gasteiger partial charge in [-0.15, -0.1) is 0 Å². The van der Waals surface area contributed by atoms with Gasteiger partial charge in [0.1, 0.15) is 11.3 Å². The molecule has 0 amide bonds. The minimum absolute atomic E-state index is 0.103. The van der Waals surface area contributed by atoms with Crippen molar-refractivity contribution in [3.05, 3.63) is 107 Å². The van der Waals surface area contributed by atoms with E-state index in [2.05, 4.69) is 9.97 Å². The molecule has 3 N–H and O–H groups in total. The van der Waals surface area contributed by atoms with E-state index in [4.69, 9.17) is 14.5 Å². The second-order valence-electron chi connectivity index (χ2n) is 9.01. The zero-order valence-corrected chi connectivity index (χ0v) is 20.6. The number of ether oxygens (including phenoxy) is 2. The third-order valence-corrected chi connectivity index (χ3v) is 6.91. The van der Waals surface area contributed by atoms with E-state index in [9.17, 15) is 14.7 Å². The van der Waals surface area contributed by atoms with Gasteiger partial charge < -0.3 is 24.5 Å². The number of H-pyrrole nitrogens is 2. The summed E-state index contributed by atoms with van der Waals surface area (Å²) in [5, 5.41) is 13.2. The van der Waals surface area contributed by atoms with Crippen molar-refractivity contribution in [3.8, 4) is 5.75 Å². The Morgan fingerprint density at radius 3 is 1.92 bits per heavy atom. The predicted octanol–water partition coefficient (Wildman–Crippen LogP) is 5.66. The first-order valence-corrected chi connectivity index (χ1v) is 12.0. The summed E-state index contributed by atoms with van der Waals surface area (Å²) >= 11 is 0. The average Bonchev–Trinajstić information content (AvgIpc) is 3.56. The molecule has 3 aromatic heterocycles. The van der Waals surface area contributed by atoms with Crippen molar-refractivity contribution in [1.29, 1.82) is 0 Å². The summed E-state index contributed by atoms with van der Waals surface area (Å²) in [6.07, 6.45) is 3.82. The number of hydrogen-bond acceptors (Lipinski definition) is 6. The number of para-hydroxylation sites is 1. The molecule has 3 heterocycles. The Balaban J connectivity index is 1.58. The maximum Gasteiger partial charge on any atom is 0.337 e. The van der Waals surface area contributed by atoms with E-state index in [1.807, 2.05) is 42.7 Å². The van der Waals surface area contributed by atoms with Crippen molar-refractivity contribution in [3.63, 3.8) is 0 Å². The first-order valence-electron chi connectivity index (χ1n) is 12.0. The van der Waals surface area contributed by atoms with Crippen molar-refractivity contribution in [1.82, 2.24) is 15.0 Å². The molecule has 0 fully saturated rings. The number of benzene rings is 3. The summed E-state index contributed by atoms with van der Waals surface area (Å²) in [4.78, 5) is 35.7. The summed E-state index contributed by atoms with van der Waals surface area (Å²) in [6, 6.07) is 20.0. The van der Waals surface area contributed by atoms with Gasteiger partial charge >= 0.3 is 11.9 Å². The zero-order valence-electron chi connectivity index (χ0n) is 20.6. The van der Waals surface area contributed by atoms with Crippen LogP contribution in [0.4, 0.5) is 0 Å². The van der Waals surface area contributed by atoms with Crippen LogP contribution in [0.15, 0.2) is 79.1 Å². The highest BCUT2D eigenvalue weighted by Gasteiger charge is 2.26. The van der Waals surface area contributed by atoms with Crippen molar-refractivity contribution < 1.29 is 24.2 Å². The number of phenolic OH excluding ortho intramolecular Hbond substituents is 1. The summed E-state index contributed by atoms with van der Waals surface area (Å²) in [5.41, 5.74) is 5.58. The Kier molecular flexibility index (Phi) is 5.57. The van der Waals surface area contributed by atoms with Crippen LogP contribution in [0.5, 0.6) is 5.75 Å². The SMILES string of the molecule is COC(=O)c1ccc2c(C(c3ccc4cccc(O)c4n3)c3c[nH]c4cc(C(=O)OC)ccc34)c[nH]c2c1. The molecular weight excluding hydrogens is 482 g/mol. The monoisotopic (exact) mass is 505 g/mol. The Morgan fingerprint density at radius 2 is 1.37 bits per heavy atom. The third-order valence-electron chi connectivity index (χ3n) is 6.91. The number of rotatable bonds is 5. The smallest absolute Gasteiger partial charge is 0.337 e. The van der Waals surface area contributed by atoms with Gasteiger partial charge in [-0.25, -0.2) is 14.6 Å². The standard InChI is InChI=1S/C30H23N3O5/c1-37-29(35)17-6-9-19-21(14-31-24(19)12-17)27(23-11-8-16-4-3-5-26(34)28(16)33-23)22-15-32-25-13-18(30(36)38-2)7-10-20(22)25/h3-15,27,31-32,34H,1-2H3. The number of hydrogen-bond donors (Lipinski definition) is 3. The topological polar surface area (TPSA) is 117 Å². The highest BCUT2D eigenvalue weighted by molar-refractivity contribution is 5.98. The van der Waals surface area contributed by atoms with Gasteiger partial charge in [-0.1, -0.05) is 30.3 Å². The number of carbonyl (C=O) groups is 2. The van der Waals surface area contributed by atoms with E-state index >= 15 is 0 Å². The fraction of sp³-hybridized carbons (Fsp3) is 0.100. The summed E-state index contributed by atoms with van der Waals surface area (Å²) in [5.74, 6) is -1.06. The number of nitrogens with zero attached hydrogens (tertiary/aromatic N) is 1. The van der Waals surface area contributed by atoms with Crippen LogP contribution in [0.3, 0.4) is 0 Å². The zero-order chi connectivity index (χ0) is 26.4. The van der Waals surface area contributed by atoms with Crippen LogP contribution in [0.2, 0.25) is 0 Å². The lowest BCUT2D eigenvalue weighted by Gasteiger charge is -2.17. The number of methoxy groups -OCH3 is 2. The molecule has 6 aromatic rings. The first kappa shape index (κ1) is 23.3. The van der Waals surface area contributed by atoms with Crippen molar-refractivity contribution in [2.45, 2.75) is 5.92 Å². The minimum Gasteiger partial charge on any atom is -0.506 e. The number of pyridine rings is 1. The maximum absolute atomic E-state index is 12.1. The van der Waals surface area contributed by atoms with Crippen molar-refractivity contribution in [2.24, 2.45) is 0 Å². The van der Waals surface area contributed by atoms with E-state index in [1.165, 1.54) is 14.2 Å². The van der Waals surface area contributed by atoms with E-state index in [1.54, 1.807) is 36.4 Å². The number of phenols is 1. The van der Waals surface area contributed by atoms with Gasteiger partial charge in [-0.05, 0) is 47.5 Å². The van der Waals surface area contributed by atoms with Gasteiger partial charge in [0.15, 0.2) is 0 Å². The molecule has 8 heteroatoms. The highest BCUT2D eigenvalue weighted by Crippen LogP contribution is 2.40. The number of nitrogens with one attached hydrogen (secondary N) is 2. The number of fused-ring (bicyclic) bond motifs is 3. The lowest BCUT2D eigenvalue weighted by Crippen LogP contribution is -2.06. The van der Waals surface area contributed by atoms with Gasteiger partial charge in [0.25, 0.3) is 0 Å². The number of aromatic amines is 2. The lowest BCUT2D eigenvalue weighted by atomic mass is 9.87. The van der Waals surface area contributed by atoms with Crippen molar-refractivity contribution >= 4 is 44.6 Å². The largest absolute Gasteiger partial charge is 0.506 e. The van der Waals surface area contributed by atoms with Crippen LogP contribution in [-0.4, -0.2) is 46.2 Å². The molecule has 8 nitrogen and oxygen atoms in total. The maximum atomic E-state index is 12.1. The number of aromatic hydroxyl groups is 1. The number of esters is 2. The van der Waals surface area contributed by atoms with Gasteiger partial charge in [0.05, 0.1) is 37.0 Å². The number of carbonyl (C=O) groups excluding carboxylic acids is 2. The second kappa shape index (κ2) is 9.08. The third kappa shape index (κ3) is 3.74. The molecule has 0 aliphatic heterocycles. The molecule has 0 aliphatic carbocycles. The lowest BCUT2D eigenvalue weighted by molar-refractivity contribution is 0.0592. The predicted molar refractivity (Wildman–Crippen MR) is 144 cm³/mol. The van der Waals surface area contributed by atoms with Crippen LogP contribution in [0.25, 0.3) is 32.7 Å². The quantitative estimate of drug-likeness (QED) is 0.261. The Labute approximate surface area is 216 Å². The van der Waals surface area contributed by atoms with Crippen LogP contribution in [-0.2, 0) is 9.47 Å². The molecule has 0 atom stereocenters. The molecule has 38 heavy (non-hydrogen) atoms. The van der Waals surface area contributed by atoms with Gasteiger partial charge in [0, 0.05) is 39.6 Å². The summed E-state index contributed by atoms with van der Waals surface area (Å²) in [7, 11) is 2.71. The van der Waals surface area contributed by atoms with Gasteiger partial charge in [-0.2, -0.15) is 0 Å². The molecule has 0 saturated heterocycles. The molecule has 0 bridgehead atoms. The molecule has 6 rings (SSSR count). The van der Waals surface area contributed by atoms with Gasteiger partial charge in [0.2, 0.25) is 0 Å². The molecule has 3 aromatic carbocycles. The molecule has 0 saturated carbocycles. The fourth-order valence-corrected chi connectivity index (χ4v) is 5.06. The minimum atomic E-state index is -0.413. The summed E-state index contributed by atoms with van der Waals surface area (Å²) in [6.45, 7) is 0. The molecule has 0 spiro atoms. The van der Waals surface area contributed by atoms with Gasteiger partial charge in [-0.3, -0.25) is 0 Å². The van der Waals surface area contributed by atoms with E-state index in [-0.39, 0.29) is 11.7 Å². The molecule has 0 aliphatic rings. The fourth-order valence-electron chi connectivity index (χ4n) is 5.06. The summed E-state index contributed by atoms with van der Waals surface area (Å²) < 4.78 is 9.76. The average molecular weight is 506 g/mol. The number of aromatic nitrogens is 3. The Bertz CT molecular complexity index is 1770. The molecule has 188 valence electrons. The van der Waals surface area contributed by atoms with E-state index in [0.29, 0.717) is 16.6 Å². The van der Waals surface area contributed by atoms with Crippen LogP contribution in [0, 0.1) is 0 Å². The molecular formula is C30H23N3O5. The van der Waals surface area contributed by atoms with E-state index in [0.717, 1.165) is 44.0 Å². The first-order chi connectivity index (χ1) is 18.5.